The van der Waals surface area contributed by atoms with Crippen molar-refractivity contribution in [1.29, 1.82) is 0 Å². The number of aromatic nitrogens is 2. The molecule has 0 saturated heterocycles. The number of nitrogens with one attached hydrogen (secondary N) is 1. The number of amides is 2. The van der Waals surface area contributed by atoms with Crippen LogP contribution in [-0.4, -0.2) is 60.8 Å². The Hall–Kier alpha value is -2.41. The maximum Gasteiger partial charge on any atom is 0.252 e. The first-order valence-corrected chi connectivity index (χ1v) is 8.10. The van der Waals surface area contributed by atoms with Gasteiger partial charge in [0.25, 0.3) is 5.91 Å². The molecule has 0 aliphatic heterocycles. The third kappa shape index (κ3) is 3.91. The zero-order valence-corrected chi connectivity index (χ0v) is 14.7. The van der Waals surface area contributed by atoms with Gasteiger partial charge in [-0.25, -0.2) is 4.98 Å². The number of nitrogens with zero attached hydrogens (tertiary/aromatic N) is 4. The molecule has 24 heavy (non-hydrogen) atoms. The first kappa shape index (κ1) is 17.9. The second kappa shape index (κ2) is 7.92. The third-order valence-electron chi connectivity index (χ3n) is 3.82. The van der Waals surface area contributed by atoms with E-state index >= 15 is 0 Å². The SMILES string of the molecule is CCc1nc2ccc(C(=O)NCCCN(C)C)cn2c1N(C)C=O. The maximum atomic E-state index is 12.3. The Kier molecular flexibility index (Phi) is 5.92. The van der Waals surface area contributed by atoms with Crippen LogP contribution in [0, 0.1) is 0 Å². The molecule has 0 spiro atoms. The highest BCUT2D eigenvalue weighted by molar-refractivity contribution is 5.94. The third-order valence-corrected chi connectivity index (χ3v) is 3.82. The molecule has 0 fully saturated rings. The van der Waals surface area contributed by atoms with Crippen molar-refractivity contribution in [3.63, 3.8) is 0 Å². The molecule has 0 bridgehead atoms. The lowest BCUT2D eigenvalue weighted by atomic mass is 10.2. The van der Waals surface area contributed by atoms with Crippen LogP contribution in [0.15, 0.2) is 18.3 Å². The van der Waals surface area contributed by atoms with E-state index in [-0.39, 0.29) is 5.91 Å². The highest BCUT2D eigenvalue weighted by Crippen LogP contribution is 2.22. The highest BCUT2D eigenvalue weighted by atomic mass is 16.1. The van der Waals surface area contributed by atoms with Gasteiger partial charge in [0.05, 0.1) is 11.3 Å². The Labute approximate surface area is 142 Å². The molecule has 2 aromatic heterocycles. The Morgan fingerprint density at radius 2 is 2.08 bits per heavy atom. The summed E-state index contributed by atoms with van der Waals surface area (Å²) in [6.45, 7) is 3.54. The highest BCUT2D eigenvalue weighted by Gasteiger charge is 2.16. The van der Waals surface area contributed by atoms with E-state index in [1.54, 1.807) is 29.8 Å². The van der Waals surface area contributed by atoms with Crippen LogP contribution in [0.25, 0.3) is 5.65 Å². The molecule has 2 rings (SSSR count). The van der Waals surface area contributed by atoms with Gasteiger partial charge in [0.1, 0.15) is 11.5 Å². The number of fused-ring (bicyclic) bond motifs is 1. The Bertz CT molecular complexity index is 723. The van der Waals surface area contributed by atoms with Gasteiger partial charge in [-0.2, -0.15) is 0 Å². The van der Waals surface area contributed by atoms with Crippen molar-refractivity contribution in [2.24, 2.45) is 0 Å². The number of carbonyl (C=O) groups is 2. The Morgan fingerprint density at radius 1 is 1.33 bits per heavy atom. The average Bonchev–Trinajstić information content (AvgIpc) is 2.95. The monoisotopic (exact) mass is 331 g/mol. The minimum atomic E-state index is -0.123. The van der Waals surface area contributed by atoms with Gasteiger partial charge in [0, 0.05) is 19.8 Å². The molecule has 0 unspecified atom stereocenters. The van der Waals surface area contributed by atoms with E-state index in [4.69, 9.17) is 0 Å². The lowest BCUT2D eigenvalue weighted by Gasteiger charge is -2.13. The number of rotatable bonds is 8. The van der Waals surface area contributed by atoms with Crippen molar-refractivity contribution in [1.82, 2.24) is 19.6 Å². The molecule has 0 radical (unpaired) electrons. The van der Waals surface area contributed by atoms with Crippen molar-refractivity contribution >= 4 is 23.8 Å². The summed E-state index contributed by atoms with van der Waals surface area (Å²) in [5.74, 6) is 0.576. The second-order valence-corrected chi connectivity index (χ2v) is 6.01. The van der Waals surface area contributed by atoms with Crippen LogP contribution in [0.3, 0.4) is 0 Å². The zero-order valence-electron chi connectivity index (χ0n) is 14.7. The summed E-state index contributed by atoms with van der Waals surface area (Å²) in [5.41, 5.74) is 2.10. The van der Waals surface area contributed by atoms with Crippen LogP contribution in [-0.2, 0) is 11.2 Å². The summed E-state index contributed by atoms with van der Waals surface area (Å²) in [6, 6.07) is 3.56. The molecule has 1 N–H and O–H groups in total. The number of imidazole rings is 1. The number of anilines is 1. The van der Waals surface area contributed by atoms with Gasteiger partial charge in [-0.3, -0.25) is 14.0 Å². The van der Waals surface area contributed by atoms with Gasteiger partial charge in [-0.1, -0.05) is 6.92 Å². The molecule has 0 aliphatic rings. The van der Waals surface area contributed by atoms with Gasteiger partial charge in [-0.15, -0.1) is 0 Å². The largest absolute Gasteiger partial charge is 0.352 e. The first-order valence-electron chi connectivity index (χ1n) is 8.10. The summed E-state index contributed by atoms with van der Waals surface area (Å²) < 4.78 is 1.79. The molecule has 130 valence electrons. The average molecular weight is 331 g/mol. The fourth-order valence-electron chi connectivity index (χ4n) is 2.58. The molecule has 0 atom stereocenters. The van der Waals surface area contributed by atoms with Crippen molar-refractivity contribution in [3.8, 4) is 0 Å². The molecule has 2 aromatic rings. The lowest BCUT2D eigenvalue weighted by Crippen LogP contribution is -2.27. The predicted octanol–water partition coefficient (Wildman–Crippen LogP) is 1.17. The van der Waals surface area contributed by atoms with Crippen molar-refractivity contribution in [2.75, 3.05) is 39.1 Å². The number of pyridine rings is 1. The summed E-state index contributed by atoms with van der Waals surface area (Å²) in [7, 11) is 5.69. The fraction of sp³-hybridized carbons (Fsp3) is 0.471. The van der Waals surface area contributed by atoms with Crippen LogP contribution < -0.4 is 10.2 Å². The Morgan fingerprint density at radius 3 is 2.71 bits per heavy atom. The molecule has 7 nitrogen and oxygen atoms in total. The molecule has 2 amide bonds. The smallest absolute Gasteiger partial charge is 0.252 e. The van der Waals surface area contributed by atoms with E-state index in [1.165, 1.54) is 4.90 Å². The molecule has 0 aromatic carbocycles. The quantitative estimate of drug-likeness (QED) is 0.582. The van der Waals surface area contributed by atoms with Gasteiger partial charge in [0.15, 0.2) is 0 Å². The molecule has 7 heteroatoms. The van der Waals surface area contributed by atoms with E-state index in [1.807, 2.05) is 21.0 Å². The summed E-state index contributed by atoms with van der Waals surface area (Å²) >= 11 is 0. The Balaban J connectivity index is 2.23. The molecular weight excluding hydrogens is 306 g/mol. The number of hydrogen-bond acceptors (Lipinski definition) is 4. The van der Waals surface area contributed by atoms with E-state index in [0.29, 0.717) is 24.3 Å². The first-order chi connectivity index (χ1) is 11.5. The summed E-state index contributed by atoms with van der Waals surface area (Å²) in [4.78, 5) is 31.6. The molecule has 0 aliphatic carbocycles. The van der Waals surface area contributed by atoms with E-state index < -0.39 is 0 Å². The van der Waals surface area contributed by atoms with Crippen LogP contribution in [0.5, 0.6) is 0 Å². The molecule has 2 heterocycles. The standard InChI is InChI=1S/C17H25N5O2/c1-5-14-17(21(4)12-23)22-11-13(7-8-15(22)19-14)16(24)18-9-6-10-20(2)3/h7-8,11-12H,5-6,9-10H2,1-4H3,(H,18,24). The van der Waals surface area contributed by atoms with Crippen LogP contribution in [0.4, 0.5) is 5.82 Å². The molecule has 0 saturated carbocycles. The van der Waals surface area contributed by atoms with E-state index in [2.05, 4.69) is 15.2 Å². The van der Waals surface area contributed by atoms with Crippen LogP contribution in [0.2, 0.25) is 0 Å². The van der Waals surface area contributed by atoms with Crippen LogP contribution >= 0.6 is 0 Å². The summed E-state index contributed by atoms with van der Waals surface area (Å²) in [6.07, 6.45) is 4.08. The number of aryl methyl sites for hydroxylation is 1. The van der Waals surface area contributed by atoms with Gasteiger partial charge < -0.3 is 15.1 Å². The van der Waals surface area contributed by atoms with Crippen molar-refractivity contribution in [3.05, 3.63) is 29.6 Å². The second-order valence-electron chi connectivity index (χ2n) is 6.01. The van der Waals surface area contributed by atoms with Crippen LogP contribution in [0.1, 0.15) is 29.4 Å². The maximum absolute atomic E-state index is 12.3. The number of hydrogen-bond donors (Lipinski definition) is 1. The van der Waals surface area contributed by atoms with Gasteiger partial charge in [-0.05, 0) is 45.6 Å². The normalized spacial score (nSPS) is 11.0. The molecular formula is C17H25N5O2. The fourth-order valence-corrected chi connectivity index (χ4v) is 2.58. The predicted molar refractivity (Wildman–Crippen MR) is 94.5 cm³/mol. The van der Waals surface area contributed by atoms with Crippen molar-refractivity contribution in [2.45, 2.75) is 19.8 Å². The van der Waals surface area contributed by atoms with Crippen molar-refractivity contribution < 1.29 is 9.59 Å². The topological polar surface area (TPSA) is 70.0 Å². The van der Waals surface area contributed by atoms with E-state index in [9.17, 15) is 9.59 Å². The minimum absolute atomic E-state index is 0.123. The summed E-state index contributed by atoms with van der Waals surface area (Å²) in [5, 5.41) is 2.92. The number of carbonyl (C=O) groups excluding carboxylic acids is 2. The minimum Gasteiger partial charge on any atom is -0.352 e. The van der Waals surface area contributed by atoms with E-state index in [0.717, 1.165) is 30.7 Å². The lowest BCUT2D eigenvalue weighted by molar-refractivity contribution is -0.107. The van der Waals surface area contributed by atoms with Gasteiger partial charge >= 0.3 is 0 Å². The van der Waals surface area contributed by atoms with Gasteiger partial charge in [0.2, 0.25) is 6.41 Å². The zero-order chi connectivity index (χ0) is 17.7.